The van der Waals surface area contributed by atoms with Gasteiger partial charge in [0.2, 0.25) is 0 Å². The number of nitrogens with one attached hydrogen (secondary N) is 2. The van der Waals surface area contributed by atoms with Gasteiger partial charge in [0, 0.05) is 63.3 Å². The number of carboxylic acid groups (broad SMARTS) is 1. The molecule has 0 spiro atoms. The van der Waals surface area contributed by atoms with Crippen LogP contribution in [0.2, 0.25) is 0 Å². The fourth-order valence-electron chi connectivity index (χ4n) is 7.10. The van der Waals surface area contributed by atoms with Crippen LogP contribution in [-0.2, 0) is 13.1 Å². The number of amides is 2. The fourth-order valence-corrected chi connectivity index (χ4v) is 9.20. The maximum Gasteiger partial charge on any atom is 0.335 e. The molecule has 0 radical (unpaired) electrons. The zero-order valence-electron chi connectivity index (χ0n) is 32.6. The normalized spacial score (nSPS) is 14.1. The van der Waals surface area contributed by atoms with E-state index in [-0.39, 0.29) is 17.4 Å². The van der Waals surface area contributed by atoms with E-state index in [1.807, 2.05) is 65.4 Å². The molecule has 0 bridgehead atoms. The summed E-state index contributed by atoms with van der Waals surface area (Å²) in [6.45, 7) is 9.45. The maximum atomic E-state index is 12.8. The highest BCUT2D eigenvalue weighted by atomic mass is 127. The van der Waals surface area contributed by atoms with Gasteiger partial charge in [-0.05, 0) is 148 Å². The number of halogens is 1. The van der Waals surface area contributed by atoms with Crippen molar-refractivity contribution in [1.82, 2.24) is 19.1 Å². The van der Waals surface area contributed by atoms with Crippen LogP contribution in [0.4, 0.5) is 21.6 Å². The Hall–Kier alpha value is -5.00. The van der Waals surface area contributed by atoms with Crippen molar-refractivity contribution in [3.8, 4) is 0 Å². The van der Waals surface area contributed by atoms with Crippen LogP contribution in [0.3, 0.4) is 0 Å². The van der Waals surface area contributed by atoms with Gasteiger partial charge in [-0.1, -0.05) is 0 Å². The fraction of sp³-hybridized carbons (Fsp3) is 0.326. The Bertz CT molecular complexity index is 2340. The summed E-state index contributed by atoms with van der Waals surface area (Å²) in [4.78, 5) is 51.0. The van der Waals surface area contributed by atoms with E-state index in [2.05, 4.69) is 53.8 Å². The van der Waals surface area contributed by atoms with Crippen LogP contribution in [-0.4, -0.2) is 68.2 Å². The largest absolute Gasteiger partial charge is 0.478 e. The molecule has 0 unspecified atom stereocenters. The van der Waals surface area contributed by atoms with Gasteiger partial charge in [0.25, 0.3) is 11.8 Å². The summed E-state index contributed by atoms with van der Waals surface area (Å²) in [7, 11) is 0. The second-order valence-electron chi connectivity index (χ2n) is 14.5. The maximum absolute atomic E-state index is 12.8. The first-order chi connectivity index (χ1) is 28.1. The molecular weight excluding hydrogens is 884 g/mol. The van der Waals surface area contributed by atoms with Crippen molar-refractivity contribution in [2.75, 3.05) is 46.6 Å². The van der Waals surface area contributed by atoms with E-state index in [0.717, 1.165) is 68.5 Å². The summed E-state index contributed by atoms with van der Waals surface area (Å²) in [5.41, 5.74) is 6.72. The van der Waals surface area contributed by atoms with Crippen molar-refractivity contribution in [2.45, 2.75) is 65.5 Å². The highest BCUT2D eigenvalue weighted by molar-refractivity contribution is 14.1. The predicted octanol–water partition coefficient (Wildman–Crippen LogP) is 9.39. The van der Waals surface area contributed by atoms with Gasteiger partial charge in [-0.25, -0.2) is 14.8 Å². The second-order valence-corrected chi connectivity index (χ2v) is 17.4. The number of hydrogen-bond donors (Lipinski definition) is 3. The third-order valence-corrected chi connectivity index (χ3v) is 12.9. The molecule has 6 heterocycles. The molecule has 2 aliphatic heterocycles. The molecule has 2 fully saturated rings. The van der Waals surface area contributed by atoms with E-state index in [9.17, 15) is 14.4 Å². The molecule has 2 aliphatic rings. The molecule has 0 aliphatic carbocycles. The summed E-state index contributed by atoms with van der Waals surface area (Å²) in [6, 6.07) is 21.5. The Morgan fingerprint density at radius 3 is 1.45 bits per heavy atom. The molecule has 6 aromatic rings. The van der Waals surface area contributed by atoms with Gasteiger partial charge in [-0.2, -0.15) is 0 Å². The molecule has 15 heteroatoms. The van der Waals surface area contributed by atoms with Crippen molar-refractivity contribution in [3.05, 3.63) is 127 Å². The minimum absolute atomic E-state index is 0.0965. The number of nitrogens with zero attached hydrogens (tertiary/aromatic N) is 6. The highest BCUT2D eigenvalue weighted by Gasteiger charge is 2.20. The van der Waals surface area contributed by atoms with Crippen LogP contribution < -0.4 is 20.4 Å². The monoisotopic (exact) mass is 930 g/mol. The van der Waals surface area contributed by atoms with Gasteiger partial charge in [-0.3, -0.25) is 9.59 Å². The smallest absolute Gasteiger partial charge is 0.335 e. The number of carbonyl (C=O) groups excluding carboxylic acids is 2. The van der Waals surface area contributed by atoms with E-state index in [1.165, 1.54) is 50.7 Å². The molecule has 3 N–H and O–H groups in total. The van der Waals surface area contributed by atoms with E-state index in [0.29, 0.717) is 30.2 Å². The van der Waals surface area contributed by atoms with E-state index >= 15 is 0 Å². The quantitative estimate of drug-likeness (QED) is 0.109. The van der Waals surface area contributed by atoms with Gasteiger partial charge in [0.15, 0.2) is 10.3 Å². The summed E-state index contributed by atoms with van der Waals surface area (Å²) in [6.07, 6.45) is 7.51. The van der Waals surface area contributed by atoms with Crippen molar-refractivity contribution in [2.24, 2.45) is 0 Å². The molecule has 0 atom stereocenters. The number of piperidine rings is 2. The van der Waals surface area contributed by atoms with Crippen molar-refractivity contribution >= 4 is 84.7 Å². The van der Waals surface area contributed by atoms with Crippen LogP contribution in [0.15, 0.2) is 83.6 Å². The topological polar surface area (TPSA) is 138 Å². The standard InChI is InChI=1S/C22H24N4O3S.C21H23IN4OS/c1-15-5-10-19(20(27)23-17-8-6-16(7-9-17)21(28)29)26(15)13-18-14-30-22(24-18)25-11-3-2-4-12-25;1-15-5-10-19(20(27)23-17-8-6-16(22)7-9-17)26(15)13-18-14-28-21(24-18)25-11-3-2-4-12-25/h5-10,14H,2-4,11-13H2,1H3,(H,23,27)(H,28,29);5-10,14H,2-4,11-13H2,1H3,(H,23,27). The Morgan fingerprint density at radius 2 is 1.03 bits per heavy atom. The van der Waals surface area contributed by atoms with E-state index in [1.54, 1.807) is 40.9 Å². The minimum atomic E-state index is -0.996. The average molecular weight is 931 g/mol. The first-order valence-corrected chi connectivity index (χ1v) is 22.4. The van der Waals surface area contributed by atoms with Crippen LogP contribution >= 0.6 is 45.3 Å². The molecule has 2 aromatic carbocycles. The van der Waals surface area contributed by atoms with Gasteiger partial charge in [-0.15, -0.1) is 22.7 Å². The Morgan fingerprint density at radius 1 is 0.621 bits per heavy atom. The summed E-state index contributed by atoms with van der Waals surface area (Å²) < 4.78 is 5.13. The summed E-state index contributed by atoms with van der Waals surface area (Å²) >= 11 is 5.61. The number of aromatic carboxylic acids is 1. The molecular formula is C43H47IN8O4S2. The van der Waals surface area contributed by atoms with Gasteiger partial charge in [0.1, 0.15) is 11.4 Å². The zero-order valence-corrected chi connectivity index (χ0v) is 36.4. The van der Waals surface area contributed by atoms with Gasteiger partial charge >= 0.3 is 5.97 Å². The molecule has 0 saturated carbocycles. The summed E-state index contributed by atoms with van der Waals surface area (Å²) in [5.74, 6) is -1.33. The molecule has 8 rings (SSSR count). The molecule has 12 nitrogen and oxygen atoms in total. The number of aryl methyl sites for hydroxylation is 2. The van der Waals surface area contributed by atoms with Crippen LogP contribution in [0.5, 0.6) is 0 Å². The summed E-state index contributed by atoms with van der Waals surface area (Å²) in [5, 5.41) is 21.2. The van der Waals surface area contributed by atoms with Crippen LogP contribution in [0.25, 0.3) is 0 Å². The Kier molecular flexibility index (Phi) is 13.6. The molecule has 302 valence electrons. The zero-order chi connectivity index (χ0) is 40.6. The number of hydrogen-bond acceptors (Lipinski definition) is 9. The van der Waals surface area contributed by atoms with Gasteiger partial charge < -0.3 is 34.7 Å². The molecule has 2 amide bonds. The number of carbonyl (C=O) groups is 3. The molecule has 4 aromatic heterocycles. The Balaban J connectivity index is 0.000000177. The number of carboxylic acids is 1. The van der Waals surface area contributed by atoms with Crippen LogP contribution in [0, 0.1) is 17.4 Å². The lowest BCUT2D eigenvalue weighted by atomic mass is 10.1. The first kappa shape index (κ1) is 41.2. The number of benzene rings is 2. The second kappa shape index (κ2) is 19.2. The molecule has 2 saturated heterocycles. The number of rotatable bonds is 11. The van der Waals surface area contributed by atoms with E-state index < -0.39 is 5.97 Å². The lowest BCUT2D eigenvalue weighted by Crippen LogP contribution is -2.29. The number of thiazole rings is 2. The number of aromatic nitrogens is 4. The highest BCUT2D eigenvalue weighted by Crippen LogP contribution is 2.27. The number of anilines is 4. The molecule has 58 heavy (non-hydrogen) atoms. The van der Waals surface area contributed by atoms with E-state index in [4.69, 9.17) is 15.1 Å². The van der Waals surface area contributed by atoms with Crippen molar-refractivity contribution in [1.29, 1.82) is 0 Å². The van der Waals surface area contributed by atoms with Crippen molar-refractivity contribution in [3.63, 3.8) is 0 Å². The minimum Gasteiger partial charge on any atom is -0.478 e. The third kappa shape index (κ3) is 10.3. The first-order valence-electron chi connectivity index (χ1n) is 19.5. The Labute approximate surface area is 360 Å². The lowest BCUT2D eigenvalue weighted by Gasteiger charge is -2.25. The predicted molar refractivity (Wildman–Crippen MR) is 241 cm³/mol. The van der Waals surface area contributed by atoms with Crippen molar-refractivity contribution < 1.29 is 19.5 Å². The average Bonchev–Trinajstić information content (AvgIpc) is 4.06. The van der Waals surface area contributed by atoms with Crippen LogP contribution in [0.1, 0.15) is 92.6 Å². The van der Waals surface area contributed by atoms with Gasteiger partial charge in [0.05, 0.1) is 30.0 Å². The SMILES string of the molecule is Cc1ccc(C(=O)Nc2ccc(C(=O)O)cc2)n1Cc1csc(N2CCCCC2)n1.Cc1ccc(C(=O)Nc2ccc(I)cc2)n1Cc1csc(N2CCCCC2)n1. The lowest BCUT2D eigenvalue weighted by molar-refractivity contribution is 0.0696. The third-order valence-electron chi connectivity index (χ3n) is 10.3.